The predicted molar refractivity (Wildman–Crippen MR) is 114 cm³/mol. The summed E-state index contributed by atoms with van der Waals surface area (Å²) < 4.78 is 1.74. The summed E-state index contributed by atoms with van der Waals surface area (Å²) in [6, 6.07) is 4.44. The summed E-state index contributed by atoms with van der Waals surface area (Å²) in [6.07, 6.45) is 2.45. The third-order valence-electron chi connectivity index (χ3n) is 4.22. The molecule has 29 heavy (non-hydrogen) atoms. The van der Waals surface area contributed by atoms with Gasteiger partial charge in [0.1, 0.15) is 17.3 Å². The van der Waals surface area contributed by atoms with Crippen molar-refractivity contribution in [2.24, 2.45) is 10.2 Å². The van der Waals surface area contributed by atoms with Crippen LogP contribution in [-0.4, -0.2) is 14.6 Å². The maximum absolute atomic E-state index is 12.8. The third kappa shape index (κ3) is 4.89. The van der Waals surface area contributed by atoms with Gasteiger partial charge >= 0.3 is 0 Å². The summed E-state index contributed by atoms with van der Waals surface area (Å²) in [6.45, 7) is 3.77. The largest absolute Gasteiger partial charge is 0.493 e. The first-order valence-corrected chi connectivity index (χ1v) is 10.2. The SMILES string of the molecule is CCCCCn1c(O)c(C#N)c(C)c(N=Nc2c(Br)cc([N+](=O)[O-])cc2Br)c1=O. The Morgan fingerprint density at radius 3 is 2.34 bits per heavy atom. The van der Waals surface area contributed by atoms with Crippen molar-refractivity contribution in [1.82, 2.24) is 4.57 Å². The fourth-order valence-electron chi connectivity index (χ4n) is 2.64. The Morgan fingerprint density at radius 1 is 1.24 bits per heavy atom. The fourth-order valence-corrected chi connectivity index (χ4v) is 3.96. The zero-order valence-corrected chi connectivity index (χ0v) is 18.8. The van der Waals surface area contributed by atoms with E-state index in [0.29, 0.717) is 15.4 Å². The van der Waals surface area contributed by atoms with Gasteiger partial charge in [0.25, 0.3) is 11.2 Å². The zero-order chi connectivity index (χ0) is 21.7. The molecule has 152 valence electrons. The average Bonchev–Trinajstić information content (AvgIpc) is 2.66. The van der Waals surface area contributed by atoms with E-state index in [1.54, 1.807) is 0 Å². The van der Waals surface area contributed by atoms with Crippen LogP contribution in [0.1, 0.15) is 37.3 Å². The molecule has 2 rings (SSSR count). The molecular weight excluding hydrogens is 510 g/mol. The monoisotopic (exact) mass is 525 g/mol. The van der Waals surface area contributed by atoms with E-state index in [0.717, 1.165) is 17.4 Å². The van der Waals surface area contributed by atoms with E-state index >= 15 is 0 Å². The quantitative estimate of drug-likeness (QED) is 0.211. The summed E-state index contributed by atoms with van der Waals surface area (Å²) in [5.41, 5.74) is -0.371. The van der Waals surface area contributed by atoms with Crippen LogP contribution < -0.4 is 5.56 Å². The molecule has 9 nitrogen and oxygen atoms in total. The van der Waals surface area contributed by atoms with Crippen LogP contribution in [0.5, 0.6) is 5.88 Å². The third-order valence-corrected chi connectivity index (χ3v) is 5.43. The van der Waals surface area contributed by atoms with E-state index in [1.807, 2.05) is 13.0 Å². The Kier molecular flexibility index (Phi) is 7.64. The second kappa shape index (κ2) is 9.76. The molecule has 1 aromatic heterocycles. The van der Waals surface area contributed by atoms with Crippen LogP contribution in [0.2, 0.25) is 0 Å². The van der Waals surface area contributed by atoms with Crippen LogP contribution in [0.15, 0.2) is 36.1 Å². The molecule has 1 heterocycles. The van der Waals surface area contributed by atoms with Crippen molar-refractivity contribution < 1.29 is 10.0 Å². The van der Waals surface area contributed by atoms with Gasteiger partial charge < -0.3 is 5.11 Å². The van der Waals surface area contributed by atoms with Gasteiger partial charge in [-0.3, -0.25) is 19.5 Å². The van der Waals surface area contributed by atoms with Gasteiger partial charge in [-0.1, -0.05) is 19.8 Å². The predicted octanol–water partition coefficient (Wildman–Crippen LogP) is 5.77. The number of nitro benzene ring substituents is 1. The molecule has 11 heteroatoms. The number of non-ortho nitro benzene ring substituents is 1. The number of nitro groups is 1. The highest BCUT2D eigenvalue weighted by atomic mass is 79.9. The normalized spacial score (nSPS) is 11.0. The van der Waals surface area contributed by atoms with Crippen LogP contribution in [0.3, 0.4) is 0 Å². The molecule has 0 radical (unpaired) electrons. The van der Waals surface area contributed by atoms with E-state index in [9.17, 15) is 25.3 Å². The number of aromatic nitrogens is 1. The van der Waals surface area contributed by atoms with Gasteiger partial charge in [0.05, 0.1) is 13.9 Å². The van der Waals surface area contributed by atoms with Crippen molar-refractivity contribution >= 4 is 48.9 Å². The van der Waals surface area contributed by atoms with E-state index in [1.165, 1.54) is 19.1 Å². The molecule has 2 aromatic rings. The first-order chi connectivity index (χ1) is 13.7. The van der Waals surface area contributed by atoms with Crippen LogP contribution >= 0.6 is 31.9 Å². The summed E-state index contributed by atoms with van der Waals surface area (Å²) in [7, 11) is 0. The Hall–Kier alpha value is -2.58. The highest BCUT2D eigenvalue weighted by Gasteiger charge is 2.20. The van der Waals surface area contributed by atoms with Crippen molar-refractivity contribution in [3.63, 3.8) is 0 Å². The molecule has 0 bridgehead atoms. The summed E-state index contributed by atoms with van der Waals surface area (Å²) in [5.74, 6) is -0.386. The zero-order valence-electron chi connectivity index (χ0n) is 15.6. The lowest BCUT2D eigenvalue weighted by Gasteiger charge is -2.12. The van der Waals surface area contributed by atoms with Crippen molar-refractivity contribution in [3.05, 3.63) is 52.7 Å². The topological polar surface area (TPSA) is 134 Å². The molecule has 0 saturated heterocycles. The maximum atomic E-state index is 12.8. The smallest absolute Gasteiger partial charge is 0.281 e. The number of hydrogen-bond donors (Lipinski definition) is 1. The molecule has 0 spiro atoms. The molecular formula is C18H17Br2N5O4. The van der Waals surface area contributed by atoms with Crippen LogP contribution in [0.25, 0.3) is 0 Å². The van der Waals surface area contributed by atoms with Crippen molar-refractivity contribution in [2.75, 3.05) is 0 Å². The van der Waals surface area contributed by atoms with Gasteiger partial charge in [-0.15, -0.1) is 10.2 Å². The van der Waals surface area contributed by atoms with E-state index in [-0.39, 0.29) is 40.6 Å². The molecule has 0 aliphatic carbocycles. The Morgan fingerprint density at radius 2 is 1.83 bits per heavy atom. The molecule has 0 unspecified atom stereocenters. The van der Waals surface area contributed by atoms with Crippen LogP contribution in [-0.2, 0) is 6.54 Å². The minimum atomic E-state index is -0.562. The maximum Gasteiger partial charge on any atom is 0.281 e. The van der Waals surface area contributed by atoms with Crippen molar-refractivity contribution in [3.8, 4) is 11.9 Å². The number of rotatable bonds is 7. The van der Waals surface area contributed by atoms with Crippen molar-refractivity contribution in [2.45, 2.75) is 39.7 Å². The second-order valence-electron chi connectivity index (χ2n) is 6.16. The molecule has 0 aliphatic heterocycles. The first-order valence-electron chi connectivity index (χ1n) is 8.64. The fraction of sp³-hybridized carbons (Fsp3) is 0.333. The van der Waals surface area contributed by atoms with Crippen LogP contribution in [0, 0.1) is 28.4 Å². The van der Waals surface area contributed by atoms with Gasteiger partial charge in [0.2, 0.25) is 5.88 Å². The standard InChI is InChI=1S/C18H17Br2N5O4/c1-3-4-5-6-24-17(26)12(9-21)10(2)15(18(24)27)22-23-16-13(19)7-11(25(28)29)8-14(16)20/h7-8,26H,3-6H2,1-2H3. The number of nitriles is 1. The minimum absolute atomic E-state index is 0.0446. The lowest BCUT2D eigenvalue weighted by molar-refractivity contribution is -0.385. The van der Waals surface area contributed by atoms with Gasteiger partial charge in [-0.2, -0.15) is 5.26 Å². The summed E-state index contributed by atoms with van der Waals surface area (Å²) in [5, 5.41) is 38.7. The Balaban J connectivity index is 2.58. The Labute approximate surface area is 183 Å². The second-order valence-corrected chi connectivity index (χ2v) is 7.87. The number of azo groups is 1. The minimum Gasteiger partial charge on any atom is -0.493 e. The number of benzene rings is 1. The molecule has 0 aliphatic rings. The van der Waals surface area contributed by atoms with Gasteiger partial charge in [-0.05, 0) is 45.2 Å². The highest BCUT2D eigenvalue weighted by Crippen LogP contribution is 2.38. The highest BCUT2D eigenvalue weighted by molar-refractivity contribution is 9.11. The molecule has 0 fully saturated rings. The van der Waals surface area contributed by atoms with Crippen molar-refractivity contribution in [1.29, 1.82) is 5.26 Å². The number of unbranched alkanes of at least 4 members (excludes halogenated alkanes) is 2. The van der Waals surface area contributed by atoms with Gasteiger partial charge in [0.15, 0.2) is 5.69 Å². The lowest BCUT2D eigenvalue weighted by atomic mass is 10.1. The van der Waals surface area contributed by atoms with Gasteiger partial charge in [0, 0.05) is 24.2 Å². The molecule has 0 atom stereocenters. The molecule has 0 amide bonds. The number of halogens is 2. The number of nitrogens with zero attached hydrogens (tertiary/aromatic N) is 5. The lowest BCUT2D eigenvalue weighted by Crippen LogP contribution is -2.22. The number of aromatic hydroxyl groups is 1. The number of pyridine rings is 1. The van der Waals surface area contributed by atoms with E-state index < -0.39 is 10.5 Å². The van der Waals surface area contributed by atoms with Gasteiger partial charge in [-0.25, -0.2) is 0 Å². The summed E-state index contributed by atoms with van der Waals surface area (Å²) >= 11 is 6.42. The molecule has 0 saturated carbocycles. The Bertz CT molecular complexity index is 1070. The number of hydrogen-bond acceptors (Lipinski definition) is 7. The van der Waals surface area contributed by atoms with Crippen LogP contribution in [0.4, 0.5) is 17.1 Å². The summed E-state index contributed by atoms with van der Waals surface area (Å²) in [4.78, 5) is 23.2. The first kappa shape index (κ1) is 22.7. The molecule has 1 N–H and O–H groups in total. The average molecular weight is 527 g/mol. The van der Waals surface area contributed by atoms with E-state index in [2.05, 4.69) is 42.1 Å². The molecule has 1 aromatic carbocycles. The van der Waals surface area contributed by atoms with E-state index in [4.69, 9.17) is 0 Å².